The molecular formula is C28H35N2P. The second kappa shape index (κ2) is 10.8. The molecule has 0 unspecified atom stereocenters. The molecule has 0 aliphatic carbocycles. The van der Waals surface area contributed by atoms with E-state index in [1.54, 1.807) is 0 Å². The van der Waals surface area contributed by atoms with Crippen molar-refractivity contribution in [3.8, 4) is 0 Å². The van der Waals surface area contributed by atoms with Crippen LogP contribution in [0.1, 0.15) is 70.2 Å². The van der Waals surface area contributed by atoms with Gasteiger partial charge in [-0.05, 0) is 68.2 Å². The number of hydrogen-bond acceptors (Lipinski definition) is 2. The van der Waals surface area contributed by atoms with Crippen LogP contribution < -0.4 is 0 Å². The van der Waals surface area contributed by atoms with Crippen molar-refractivity contribution < 1.29 is 0 Å². The zero-order valence-electron chi connectivity index (χ0n) is 19.9. The Hall–Kier alpha value is -2.31. The van der Waals surface area contributed by atoms with Gasteiger partial charge >= 0.3 is 0 Å². The SMILES string of the molecule is CCc1cccc(CC)c1N=C(C)C1=CCC(C(C)=Nc2c(CC)cccc2CC)=P1. The molecule has 31 heavy (non-hydrogen) atoms. The highest BCUT2D eigenvalue weighted by atomic mass is 31.1. The summed E-state index contributed by atoms with van der Waals surface area (Å²) in [6.45, 7) is 13.2. The fourth-order valence-corrected chi connectivity index (χ4v) is 5.14. The minimum atomic E-state index is 0.963. The molecule has 0 bridgehead atoms. The summed E-state index contributed by atoms with van der Waals surface area (Å²) in [5.41, 5.74) is 9.97. The van der Waals surface area contributed by atoms with Crippen molar-refractivity contribution >= 4 is 36.3 Å². The Bertz CT molecular complexity index is 1030. The largest absolute Gasteiger partial charge is 0.253 e. The predicted molar refractivity (Wildman–Crippen MR) is 141 cm³/mol. The van der Waals surface area contributed by atoms with Gasteiger partial charge in [-0.25, -0.2) is 0 Å². The molecule has 0 aromatic heterocycles. The number of benzene rings is 2. The normalized spacial score (nSPS) is 15.2. The van der Waals surface area contributed by atoms with Crippen LogP contribution in [-0.4, -0.2) is 16.7 Å². The van der Waals surface area contributed by atoms with Crippen molar-refractivity contribution in [2.45, 2.75) is 73.6 Å². The molecule has 3 rings (SSSR count). The molecule has 1 aliphatic rings. The molecular weight excluding hydrogens is 395 g/mol. The maximum absolute atomic E-state index is 5.11. The minimum Gasteiger partial charge on any atom is -0.253 e. The van der Waals surface area contributed by atoms with Crippen LogP contribution in [0.15, 0.2) is 57.8 Å². The third kappa shape index (κ3) is 5.31. The number of rotatable bonds is 8. The highest BCUT2D eigenvalue weighted by Crippen LogP contribution is 2.33. The molecule has 3 heteroatoms. The Labute approximate surface area is 190 Å². The van der Waals surface area contributed by atoms with E-state index in [0.717, 1.165) is 43.5 Å². The van der Waals surface area contributed by atoms with Crippen LogP contribution in [0.5, 0.6) is 0 Å². The topological polar surface area (TPSA) is 24.7 Å². The second-order valence-corrected chi connectivity index (χ2v) is 9.26. The average molecular weight is 431 g/mol. The summed E-state index contributed by atoms with van der Waals surface area (Å²) in [6, 6.07) is 13.1. The molecule has 0 spiro atoms. The van der Waals surface area contributed by atoms with E-state index in [2.05, 4.69) is 84.0 Å². The molecule has 2 nitrogen and oxygen atoms in total. The van der Waals surface area contributed by atoms with E-state index in [-0.39, 0.29) is 0 Å². The van der Waals surface area contributed by atoms with Crippen molar-refractivity contribution in [3.05, 3.63) is 70.0 Å². The number of aliphatic imine (C=N–C) groups is 2. The zero-order chi connectivity index (χ0) is 22.4. The smallest absolute Gasteiger partial charge is 0.0696 e. The van der Waals surface area contributed by atoms with Crippen molar-refractivity contribution in [1.29, 1.82) is 0 Å². The quantitative estimate of drug-likeness (QED) is 0.298. The first-order valence-electron chi connectivity index (χ1n) is 11.6. The molecule has 0 amide bonds. The number of nitrogens with zero attached hydrogens (tertiary/aromatic N) is 2. The zero-order valence-corrected chi connectivity index (χ0v) is 20.8. The van der Waals surface area contributed by atoms with Crippen molar-refractivity contribution in [2.24, 2.45) is 9.98 Å². The fraction of sp³-hybridized carbons (Fsp3) is 0.393. The van der Waals surface area contributed by atoms with Crippen LogP contribution in [0.25, 0.3) is 0 Å². The van der Waals surface area contributed by atoms with Crippen molar-refractivity contribution in [3.63, 3.8) is 0 Å². The number of hydrogen-bond donors (Lipinski definition) is 0. The lowest BCUT2D eigenvalue weighted by Gasteiger charge is -2.11. The van der Waals surface area contributed by atoms with Gasteiger partial charge in [-0.15, -0.1) is 0 Å². The Morgan fingerprint density at radius 2 is 1.13 bits per heavy atom. The standard InChI is InChI=1S/C28H35N2P/c1-7-21-13-11-14-22(8-2)27(21)29-19(5)25-17-18-26(31-25)20(6)30-28-23(9-3)15-12-16-24(28)10-4/h11-17H,7-10,18H2,1-6H3. The van der Waals surface area contributed by atoms with E-state index in [9.17, 15) is 0 Å². The summed E-state index contributed by atoms with van der Waals surface area (Å²) in [6.07, 6.45) is 7.34. The van der Waals surface area contributed by atoms with Gasteiger partial charge in [-0.2, -0.15) is 0 Å². The monoisotopic (exact) mass is 430 g/mol. The Kier molecular flexibility index (Phi) is 8.15. The molecule has 0 saturated heterocycles. The second-order valence-electron chi connectivity index (χ2n) is 8.01. The molecule has 0 N–H and O–H groups in total. The first-order valence-corrected chi connectivity index (χ1v) is 12.5. The third-order valence-electron chi connectivity index (χ3n) is 6.02. The van der Waals surface area contributed by atoms with E-state index in [1.165, 1.54) is 52.4 Å². The van der Waals surface area contributed by atoms with Gasteiger partial charge in [-0.1, -0.05) is 78.4 Å². The van der Waals surface area contributed by atoms with Crippen LogP contribution in [0.4, 0.5) is 11.4 Å². The lowest BCUT2D eigenvalue weighted by Crippen LogP contribution is -2.05. The van der Waals surface area contributed by atoms with Crippen LogP contribution in [0.2, 0.25) is 0 Å². The third-order valence-corrected chi connectivity index (χ3v) is 7.54. The number of para-hydroxylation sites is 2. The summed E-state index contributed by atoms with van der Waals surface area (Å²) in [5.74, 6) is 0. The van der Waals surface area contributed by atoms with Gasteiger partial charge < -0.3 is 0 Å². The molecule has 0 radical (unpaired) electrons. The maximum Gasteiger partial charge on any atom is 0.0696 e. The summed E-state index contributed by atoms with van der Waals surface area (Å²) in [7, 11) is 1.25. The van der Waals surface area contributed by atoms with Crippen molar-refractivity contribution in [1.82, 2.24) is 0 Å². The van der Waals surface area contributed by atoms with E-state index >= 15 is 0 Å². The number of allylic oxidation sites excluding steroid dienone is 2. The molecule has 0 atom stereocenters. The van der Waals surface area contributed by atoms with E-state index in [0.29, 0.717) is 0 Å². The Balaban J connectivity index is 1.91. The first kappa shape index (κ1) is 23.4. The lowest BCUT2D eigenvalue weighted by atomic mass is 10.0. The average Bonchev–Trinajstić information content (AvgIpc) is 3.30. The van der Waals surface area contributed by atoms with Crippen LogP contribution >= 0.6 is 8.20 Å². The molecule has 162 valence electrons. The molecule has 2 aromatic rings. The van der Waals surface area contributed by atoms with Gasteiger partial charge in [0, 0.05) is 22.0 Å². The van der Waals surface area contributed by atoms with E-state index < -0.39 is 0 Å². The Morgan fingerprint density at radius 1 is 0.710 bits per heavy atom. The number of aryl methyl sites for hydroxylation is 4. The summed E-state index contributed by atoms with van der Waals surface area (Å²) >= 11 is 0. The molecule has 0 fully saturated rings. The first-order chi connectivity index (χ1) is 15.0. The van der Waals surface area contributed by atoms with Gasteiger partial charge in [0.05, 0.1) is 11.4 Å². The van der Waals surface area contributed by atoms with Crippen molar-refractivity contribution in [2.75, 3.05) is 0 Å². The van der Waals surface area contributed by atoms with Crippen LogP contribution in [0.3, 0.4) is 0 Å². The molecule has 1 heterocycles. The van der Waals surface area contributed by atoms with E-state index in [4.69, 9.17) is 9.98 Å². The lowest BCUT2D eigenvalue weighted by molar-refractivity contribution is 1.08. The summed E-state index contributed by atoms with van der Waals surface area (Å²) in [4.78, 5) is 10.2. The predicted octanol–water partition coefficient (Wildman–Crippen LogP) is 8.23. The van der Waals surface area contributed by atoms with Gasteiger partial charge in [0.15, 0.2) is 0 Å². The Morgan fingerprint density at radius 3 is 1.55 bits per heavy atom. The highest BCUT2D eigenvalue weighted by Gasteiger charge is 2.15. The van der Waals surface area contributed by atoms with Gasteiger partial charge in [0.25, 0.3) is 0 Å². The summed E-state index contributed by atoms with van der Waals surface area (Å²) < 4.78 is 0. The van der Waals surface area contributed by atoms with Crippen LogP contribution in [0, 0.1) is 0 Å². The van der Waals surface area contributed by atoms with Gasteiger partial charge in [-0.3, -0.25) is 9.98 Å². The van der Waals surface area contributed by atoms with E-state index in [1.807, 2.05) is 0 Å². The fourth-order valence-electron chi connectivity index (χ4n) is 4.06. The highest BCUT2D eigenvalue weighted by molar-refractivity contribution is 7.50. The van der Waals surface area contributed by atoms with Gasteiger partial charge in [0.1, 0.15) is 0 Å². The van der Waals surface area contributed by atoms with Crippen LogP contribution in [-0.2, 0) is 25.7 Å². The summed E-state index contributed by atoms with van der Waals surface area (Å²) in [5, 5.41) is 2.70. The minimum absolute atomic E-state index is 0.963. The maximum atomic E-state index is 5.11. The molecule has 1 aliphatic heterocycles. The molecule has 0 saturated carbocycles. The molecule has 2 aromatic carbocycles. The van der Waals surface area contributed by atoms with Gasteiger partial charge in [0.2, 0.25) is 0 Å².